The number of halogens is 1. The maximum Gasteiger partial charge on any atom is 0.271 e. The molecular formula is C17H15ClN4O6. The topological polar surface area (TPSA) is 132 Å². The van der Waals surface area contributed by atoms with Gasteiger partial charge < -0.3 is 20.2 Å². The van der Waals surface area contributed by atoms with Gasteiger partial charge in [-0.2, -0.15) is 0 Å². The monoisotopic (exact) mass is 406 g/mol. The number of amides is 2. The zero-order valence-corrected chi connectivity index (χ0v) is 15.3. The van der Waals surface area contributed by atoms with Gasteiger partial charge in [-0.05, 0) is 24.3 Å². The van der Waals surface area contributed by atoms with Crippen LogP contribution in [0.15, 0.2) is 47.6 Å². The average Bonchev–Trinajstić information content (AvgIpc) is 2.65. The molecule has 0 saturated carbocycles. The summed E-state index contributed by atoms with van der Waals surface area (Å²) in [6.07, 6.45) is 0.802. The third kappa shape index (κ3) is 6.25. The average molecular weight is 407 g/mol. The lowest BCUT2D eigenvalue weighted by molar-refractivity contribution is -0.384. The molecular weight excluding hydrogens is 392 g/mol. The fourth-order valence-corrected chi connectivity index (χ4v) is 2.25. The molecule has 2 aromatic rings. The van der Waals surface area contributed by atoms with Crippen molar-refractivity contribution in [3.8, 4) is 5.75 Å². The minimum Gasteiger partial charge on any atom is -0.495 e. The number of non-ortho nitro benzene ring substituents is 1. The quantitative estimate of drug-likeness (QED) is 0.393. The molecule has 0 aliphatic rings. The van der Waals surface area contributed by atoms with Crippen LogP contribution in [0.3, 0.4) is 0 Å². The highest BCUT2D eigenvalue weighted by molar-refractivity contribution is 6.32. The summed E-state index contributed by atoms with van der Waals surface area (Å²) < 4.78 is 5.01. The van der Waals surface area contributed by atoms with E-state index in [0.29, 0.717) is 16.5 Å². The third-order valence-corrected chi connectivity index (χ3v) is 3.50. The van der Waals surface area contributed by atoms with Gasteiger partial charge in [0, 0.05) is 23.5 Å². The molecule has 146 valence electrons. The van der Waals surface area contributed by atoms with E-state index in [4.69, 9.17) is 21.2 Å². The smallest absolute Gasteiger partial charge is 0.271 e. The van der Waals surface area contributed by atoms with E-state index in [0.717, 1.165) is 6.21 Å². The molecule has 0 aliphatic carbocycles. The first-order chi connectivity index (χ1) is 13.4. The second-order valence-corrected chi connectivity index (χ2v) is 5.61. The molecule has 0 radical (unpaired) electrons. The Bertz CT molecular complexity index is 918. The van der Waals surface area contributed by atoms with Gasteiger partial charge in [0.25, 0.3) is 17.5 Å². The number of benzene rings is 2. The van der Waals surface area contributed by atoms with E-state index in [1.54, 1.807) is 12.1 Å². The predicted octanol–water partition coefficient (Wildman–Crippen LogP) is 2.84. The Morgan fingerprint density at radius 3 is 2.64 bits per heavy atom. The highest BCUT2D eigenvalue weighted by atomic mass is 35.5. The van der Waals surface area contributed by atoms with Gasteiger partial charge >= 0.3 is 0 Å². The van der Waals surface area contributed by atoms with E-state index < -0.39 is 23.3 Å². The van der Waals surface area contributed by atoms with Crippen molar-refractivity contribution >= 4 is 46.7 Å². The maximum absolute atomic E-state index is 11.8. The normalized spacial score (nSPS) is 10.4. The molecule has 10 nitrogen and oxygen atoms in total. The molecule has 0 aromatic heterocycles. The first-order valence-electron chi connectivity index (χ1n) is 7.73. The van der Waals surface area contributed by atoms with Crippen LogP contribution in [0.5, 0.6) is 5.75 Å². The number of hydrogen-bond donors (Lipinski definition) is 2. The van der Waals surface area contributed by atoms with Crippen molar-refractivity contribution < 1.29 is 24.1 Å². The SMILES string of the molecule is COc1ccc(NC(=O)CO/N=C\C(=O)Nc2cccc([N+](=O)[O-])c2)cc1Cl. The minimum atomic E-state index is -0.678. The minimum absolute atomic E-state index is 0.165. The van der Waals surface area contributed by atoms with E-state index in [9.17, 15) is 19.7 Å². The Hall–Kier alpha value is -3.66. The lowest BCUT2D eigenvalue weighted by Gasteiger charge is -2.07. The zero-order chi connectivity index (χ0) is 20.5. The van der Waals surface area contributed by atoms with E-state index >= 15 is 0 Å². The third-order valence-electron chi connectivity index (χ3n) is 3.20. The summed E-state index contributed by atoms with van der Waals surface area (Å²) >= 11 is 5.96. The molecule has 0 unspecified atom stereocenters. The van der Waals surface area contributed by atoms with Gasteiger partial charge in [0.05, 0.1) is 17.1 Å². The zero-order valence-electron chi connectivity index (χ0n) is 14.5. The van der Waals surface area contributed by atoms with Crippen molar-refractivity contribution in [3.05, 3.63) is 57.6 Å². The predicted molar refractivity (Wildman–Crippen MR) is 103 cm³/mol. The molecule has 28 heavy (non-hydrogen) atoms. The molecule has 0 saturated heterocycles. The van der Waals surface area contributed by atoms with Gasteiger partial charge in [-0.25, -0.2) is 0 Å². The number of nitrogens with zero attached hydrogens (tertiary/aromatic N) is 2. The van der Waals surface area contributed by atoms with Gasteiger partial charge in [0.15, 0.2) is 6.61 Å². The van der Waals surface area contributed by atoms with Crippen LogP contribution in [0.1, 0.15) is 0 Å². The lowest BCUT2D eigenvalue weighted by Crippen LogP contribution is -2.18. The number of carbonyl (C=O) groups excluding carboxylic acids is 2. The summed E-state index contributed by atoms with van der Waals surface area (Å²) in [5, 5.41) is 19.3. The van der Waals surface area contributed by atoms with Crippen molar-refractivity contribution in [1.29, 1.82) is 0 Å². The Kier molecular flexibility index (Phi) is 7.28. The van der Waals surface area contributed by atoms with Crippen LogP contribution in [0.4, 0.5) is 17.1 Å². The fraction of sp³-hybridized carbons (Fsp3) is 0.118. The Morgan fingerprint density at radius 1 is 1.21 bits per heavy atom. The summed E-state index contributed by atoms with van der Waals surface area (Å²) in [6.45, 7) is -0.440. The van der Waals surface area contributed by atoms with Crippen LogP contribution < -0.4 is 15.4 Å². The summed E-state index contributed by atoms with van der Waals surface area (Å²) in [7, 11) is 1.47. The molecule has 0 heterocycles. The summed E-state index contributed by atoms with van der Waals surface area (Å²) in [5.41, 5.74) is 0.493. The summed E-state index contributed by atoms with van der Waals surface area (Å²) in [4.78, 5) is 38.3. The fourth-order valence-electron chi connectivity index (χ4n) is 1.99. The largest absolute Gasteiger partial charge is 0.495 e. The number of nitro benzene ring substituents is 1. The first-order valence-corrected chi connectivity index (χ1v) is 8.11. The molecule has 2 aromatic carbocycles. The number of rotatable bonds is 8. The van der Waals surface area contributed by atoms with Gasteiger partial charge in [-0.1, -0.05) is 22.8 Å². The number of methoxy groups -OCH3 is 1. The Balaban J connectivity index is 1.78. The maximum atomic E-state index is 11.8. The van der Waals surface area contributed by atoms with Crippen LogP contribution in [0, 0.1) is 10.1 Å². The van der Waals surface area contributed by atoms with Crippen LogP contribution in [0.2, 0.25) is 5.02 Å². The molecule has 0 bridgehead atoms. The number of carbonyl (C=O) groups is 2. The molecule has 2 N–H and O–H groups in total. The van der Waals surface area contributed by atoms with Gasteiger partial charge in [-0.3, -0.25) is 19.7 Å². The van der Waals surface area contributed by atoms with Crippen molar-refractivity contribution in [3.63, 3.8) is 0 Å². The Labute approximate surface area is 164 Å². The molecule has 0 fully saturated rings. The Morgan fingerprint density at radius 2 is 1.96 bits per heavy atom. The second kappa shape index (κ2) is 9.88. The molecule has 0 spiro atoms. The van der Waals surface area contributed by atoms with Gasteiger partial charge in [0.1, 0.15) is 12.0 Å². The summed E-state index contributed by atoms with van der Waals surface area (Å²) in [6, 6.07) is 10.1. The van der Waals surface area contributed by atoms with Crippen LogP contribution >= 0.6 is 11.6 Å². The van der Waals surface area contributed by atoms with Crippen LogP contribution in [0.25, 0.3) is 0 Å². The van der Waals surface area contributed by atoms with E-state index in [2.05, 4.69) is 15.8 Å². The second-order valence-electron chi connectivity index (χ2n) is 5.20. The number of anilines is 2. The van der Waals surface area contributed by atoms with Crippen molar-refractivity contribution in [2.45, 2.75) is 0 Å². The molecule has 2 rings (SSSR count). The highest BCUT2D eigenvalue weighted by Gasteiger charge is 2.08. The highest BCUT2D eigenvalue weighted by Crippen LogP contribution is 2.27. The standard InChI is InChI=1S/C17H15ClN4O6/c1-27-15-6-5-12(8-14(15)18)21-17(24)10-28-19-9-16(23)20-11-3-2-4-13(7-11)22(25)26/h2-9H,10H2,1H3,(H,20,23)(H,21,24)/b19-9-. The number of oxime groups is 1. The number of nitrogens with one attached hydrogen (secondary N) is 2. The first kappa shape index (κ1) is 20.6. The van der Waals surface area contributed by atoms with E-state index in [1.165, 1.54) is 37.4 Å². The molecule has 0 aliphatic heterocycles. The molecule has 11 heteroatoms. The van der Waals surface area contributed by atoms with Gasteiger partial charge in [0.2, 0.25) is 0 Å². The summed E-state index contributed by atoms with van der Waals surface area (Å²) in [5.74, 6) is -0.726. The molecule has 2 amide bonds. The van der Waals surface area contributed by atoms with Crippen LogP contribution in [-0.4, -0.2) is 36.7 Å². The lowest BCUT2D eigenvalue weighted by atomic mass is 10.3. The van der Waals surface area contributed by atoms with E-state index in [1.807, 2.05) is 0 Å². The number of hydrogen-bond acceptors (Lipinski definition) is 7. The number of ether oxygens (including phenoxy) is 1. The van der Waals surface area contributed by atoms with Crippen molar-refractivity contribution in [2.75, 3.05) is 24.4 Å². The van der Waals surface area contributed by atoms with Crippen molar-refractivity contribution in [2.24, 2.45) is 5.16 Å². The van der Waals surface area contributed by atoms with E-state index in [-0.39, 0.29) is 11.4 Å². The molecule has 0 atom stereocenters. The van der Waals surface area contributed by atoms with Crippen LogP contribution in [-0.2, 0) is 14.4 Å². The van der Waals surface area contributed by atoms with Crippen molar-refractivity contribution in [1.82, 2.24) is 0 Å². The number of nitro groups is 1. The van der Waals surface area contributed by atoms with Gasteiger partial charge in [-0.15, -0.1) is 0 Å².